The van der Waals surface area contributed by atoms with Gasteiger partial charge in [-0.15, -0.1) is 0 Å². The number of hydrogen-bond acceptors (Lipinski definition) is 3. The summed E-state index contributed by atoms with van der Waals surface area (Å²) in [5.74, 6) is -1.58. The number of hydrogen-bond donors (Lipinski definition) is 0. The SMILES string of the molecule is C=CC(CCc1ccccc1OC)(OC(=O)C(F)(F)F)C(C)(C)C. The number of para-hydroxylation sites is 1. The standard InChI is InChI=1S/C18H23F3O3/c1-6-17(16(2,3)4,24-15(22)18(19,20)21)12-11-13-9-7-8-10-14(13)23-5/h6-10H,1,11-12H2,2-5H3. The fourth-order valence-electron chi connectivity index (χ4n) is 2.48. The second kappa shape index (κ2) is 7.28. The van der Waals surface area contributed by atoms with E-state index in [-0.39, 0.29) is 6.42 Å². The topological polar surface area (TPSA) is 35.5 Å². The Morgan fingerprint density at radius 1 is 1.21 bits per heavy atom. The molecule has 1 unspecified atom stereocenters. The van der Waals surface area contributed by atoms with E-state index in [1.807, 2.05) is 12.1 Å². The number of esters is 1. The van der Waals surface area contributed by atoms with Crippen molar-refractivity contribution in [3.63, 3.8) is 0 Å². The number of rotatable bonds is 6. The maximum atomic E-state index is 12.7. The summed E-state index contributed by atoms with van der Waals surface area (Å²) >= 11 is 0. The predicted molar refractivity (Wildman–Crippen MR) is 85.8 cm³/mol. The molecule has 24 heavy (non-hydrogen) atoms. The van der Waals surface area contributed by atoms with Gasteiger partial charge >= 0.3 is 12.1 Å². The Morgan fingerprint density at radius 3 is 2.25 bits per heavy atom. The Morgan fingerprint density at radius 2 is 1.79 bits per heavy atom. The van der Waals surface area contributed by atoms with Crippen molar-refractivity contribution in [1.29, 1.82) is 0 Å². The Labute approximate surface area is 140 Å². The van der Waals surface area contributed by atoms with Gasteiger partial charge in [-0.1, -0.05) is 45.5 Å². The number of carbonyl (C=O) groups is 1. The van der Waals surface area contributed by atoms with E-state index in [9.17, 15) is 18.0 Å². The van der Waals surface area contributed by atoms with Gasteiger partial charge in [-0.25, -0.2) is 4.79 Å². The fraction of sp³-hybridized carbons (Fsp3) is 0.500. The molecule has 0 amide bonds. The van der Waals surface area contributed by atoms with E-state index in [1.165, 1.54) is 13.2 Å². The highest BCUT2D eigenvalue weighted by Gasteiger charge is 2.49. The maximum Gasteiger partial charge on any atom is 0.490 e. The lowest BCUT2D eigenvalue weighted by molar-refractivity contribution is -0.218. The van der Waals surface area contributed by atoms with E-state index in [0.29, 0.717) is 12.2 Å². The van der Waals surface area contributed by atoms with E-state index in [2.05, 4.69) is 6.58 Å². The molecular formula is C18H23F3O3. The number of benzene rings is 1. The van der Waals surface area contributed by atoms with Crippen LogP contribution in [0.15, 0.2) is 36.9 Å². The van der Waals surface area contributed by atoms with Crippen LogP contribution in [0.1, 0.15) is 32.8 Å². The summed E-state index contributed by atoms with van der Waals surface area (Å²) in [4.78, 5) is 11.4. The Balaban J connectivity index is 3.11. The molecule has 0 radical (unpaired) electrons. The van der Waals surface area contributed by atoms with Gasteiger partial charge in [0.1, 0.15) is 11.4 Å². The molecule has 0 aliphatic carbocycles. The van der Waals surface area contributed by atoms with Crippen LogP contribution in [0.5, 0.6) is 5.75 Å². The molecule has 1 rings (SSSR count). The van der Waals surface area contributed by atoms with E-state index < -0.39 is 23.2 Å². The van der Waals surface area contributed by atoms with E-state index in [4.69, 9.17) is 9.47 Å². The first-order chi connectivity index (χ1) is 11.0. The van der Waals surface area contributed by atoms with Crippen molar-refractivity contribution < 1.29 is 27.4 Å². The highest BCUT2D eigenvalue weighted by atomic mass is 19.4. The van der Waals surface area contributed by atoms with E-state index in [1.54, 1.807) is 32.9 Å². The molecule has 0 spiro atoms. The van der Waals surface area contributed by atoms with Crippen LogP contribution in [0.3, 0.4) is 0 Å². The summed E-state index contributed by atoms with van der Waals surface area (Å²) in [7, 11) is 1.52. The molecule has 0 bridgehead atoms. The van der Waals surface area contributed by atoms with E-state index in [0.717, 1.165) is 5.56 Å². The monoisotopic (exact) mass is 344 g/mol. The maximum absolute atomic E-state index is 12.7. The highest BCUT2D eigenvalue weighted by molar-refractivity contribution is 5.76. The van der Waals surface area contributed by atoms with Gasteiger partial charge < -0.3 is 9.47 Å². The molecule has 0 aliphatic heterocycles. The smallest absolute Gasteiger partial charge is 0.490 e. The summed E-state index contributed by atoms with van der Waals surface area (Å²) in [5, 5.41) is 0. The molecular weight excluding hydrogens is 321 g/mol. The first-order valence-electron chi connectivity index (χ1n) is 7.52. The van der Waals surface area contributed by atoms with Crippen molar-refractivity contribution in [1.82, 2.24) is 0 Å². The molecule has 0 N–H and O–H groups in total. The average molecular weight is 344 g/mol. The van der Waals surface area contributed by atoms with Crippen molar-refractivity contribution in [2.45, 2.75) is 45.4 Å². The second-order valence-corrected chi connectivity index (χ2v) is 6.54. The van der Waals surface area contributed by atoms with Crippen LogP contribution < -0.4 is 4.74 Å². The molecule has 0 fully saturated rings. The van der Waals surface area contributed by atoms with Crippen LogP contribution in [0, 0.1) is 5.41 Å². The average Bonchev–Trinajstić information content (AvgIpc) is 2.49. The molecule has 0 saturated heterocycles. The molecule has 3 nitrogen and oxygen atoms in total. The van der Waals surface area contributed by atoms with Crippen LogP contribution in [0.25, 0.3) is 0 Å². The van der Waals surface area contributed by atoms with Gasteiger partial charge in [-0.05, 0) is 30.5 Å². The minimum Gasteiger partial charge on any atom is -0.496 e. The van der Waals surface area contributed by atoms with Crippen molar-refractivity contribution in [3.05, 3.63) is 42.5 Å². The molecule has 1 aromatic rings. The third-order valence-electron chi connectivity index (χ3n) is 4.06. The van der Waals surface area contributed by atoms with Crippen molar-refractivity contribution in [2.75, 3.05) is 7.11 Å². The molecule has 134 valence electrons. The van der Waals surface area contributed by atoms with Crippen molar-refractivity contribution in [3.8, 4) is 5.75 Å². The molecule has 0 heterocycles. The minimum absolute atomic E-state index is 0.155. The third kappa shape index (κ3) is 4.52. The lowest BCUT2D eigenvalue weighted by atomic mass is 9.73. The number of halogens is 3. The van der Waals surface area contributed by atoms with E-state index >= 15 is 0 Å². The molecule has 0 aromatic heterocycles. The number of aryl methyl sites for hydroxylation is 1. The molecule has 0 saturated carbocycles. The molecule has 1 atom stereocenters. The predicted octanol–water partition coefficient (Wildman–Crippen LogP) is 4.70. The molecule has 1 aromatic carbocycles. The summed E-state index contributed by atoms with van der Waals surface area (Å²) in [6, 6.07) is 7.20. The van der Waals surface area contributed by atoms with Gasteiger partial charge in [0.15, 0.2) is 0 Å². The van der Waals surface area contributed by atoms with Gasteiger partial charge in [0, 0.05) is 5.41 Å². The summed E-state index contributed by atoms with van der Waals surface area (Å²) in [6.07, 6.45) is -3.24. The lowest BCUT2D eigenvalue weighted by Gasteiger charge is -2.42. The minimum atomic E-state index is -5.05. The molecule has 0 aliphatic rings. The first kappa shape index (κ1) is 20.1. The first-order valence-corrected chi connectivity index (χ1v) is 7.52. The summed E-state index contributed by atoms with van der Waals surface area (Å²) in [6.45, 7) is 8.74. The zero-order chi connectivity index (χ0) is 18.6. The summed E-state index contributed by atoms with van der Waals surface area (Å²) < 4.78 is 48.1. The van der Waals surface area contributed by atoms with Crippen LogP contribution in [0.2, 0.25) is 0 Å². The van der Waals surface area contributed by atoms with Gasteiger partial charge in [0.05, 0.1) is 7.11 Å². The van der Waals surface area contributed by atoms with Gasteiger partial charge in [0.2, 0.25) is 0 Å². The number of carbonyl (C=O) groups excluding carboxylic acids is 1. The number of ether oxygens (including phenoxy) is 2. The largest absolute Gasteiger partial charge is 0.496 e. The van der Waals surface area contributed by atoms with Crippen LogP contribution in [-0.4, -0.2) is 24.9 Å². The van der Waals surface area contributed by atoms with Gasteiger partial charge in [-0.2, -0.15) is 13.2 Å². The number of alkyl halides is 3. The summed E-state index contributed by atoms with van der Waals surface area (Å²) in [5.41, 5.74) is -1.41. The Kier molecular flexibility index (Phi) is 6.09. The van der Waals surface area contributed by atoms with Crippen LogP contribution in [0.4, 0.5) is 13.2 Å². The quantitative estimate of drug-likeness (QED) is 0.554. The number of methoxy groups -OCH3 is 1. The van der Waals surface area contributed by atoms with Crippen molar-refractivity contribution >= 4 is 5.97 Å². The zero-order valence-corrected chi connectivity index (χ0v) is 14.4. The van der Waals surface area contributed by atoms with Crippen LogP contribution >= 0.6 is 0 Å². The Hall–Kier alpha value is -1.98. The Bertz CT molecular complexity index is 588. The fourth-order valence-corrected chi connectivity index (χ4v) is 2.48. The second-order valence-electron chi connectivity index (χ2n) is 6.54. The highest BCUT2D eigenvalue weighted by Crippen LogP contribution is 2.41. The van der Waals surface area contributed by atoms with Crippen molar-refractivity contribution in [2.24, 2.45) is 5.41 Å². The normalized spacial score (nSPS) is 14.6. The van der Waals surface area contributed by atoms with Gasteiger partial charge in [0.25, 0.3) is 0 Å². The third-order valence-corrected chi connectivity index (χ3v) is 4.06. The van der Waals surface area contributed by atoms with Gasteiger partial charge in [-0.3, -0.25) is 0 Å². The van der Waals surface area contributed by atoms with Crippen LogP contribution in [-0.2, 0) is 16.0 Å². The lowest BCUT2D eigenvalue weighted by Crippen LogP contribution is -2.48. The molecule has 6 heteroatoms. The zero-order valence-electron chi connectivity index (χ0n) is 14.4.